The fourth-order valence-electron chi connectivity index (χ4n) is 1.99. The fourth-order valence-corrected chi connectivity index (χ4v) is 2.17. The van der Waals surface area contributed by atoms with E-state index in [4.69, 9.17) is 21.4 Å². The van der Waals surface area contributed by atoms with Crippen LogP contribution >= 0.6 is 11.6 Å². The number of rotatable bonds is 6. The number of ether oxygens (including phenoxy) is 1. The predicted octanol–water partition coefficient (Wildman–Crippen LogP) is 3.63. The number of anilines is 1. The molecule has 1 atom stereocenters. The van der Waals surface area contributed by atoms with Gasteiger partial charge in [-0.2, -0.15) is 0 Å². The van der Waals surface area contributed by atoms with Crippen LogP contribution in [-0.4, -0.2) is 17.1 Å². The largest absolute Gasteiger partial charge is 0.479 e. The highest BCUT2D eigenvalue weighted by Gasteiger charge is 2.19. The molecular weight excluding hydrogens is 302 g/mol. The van der Waals surface area contributed by atoms with Crippen molar-refractivity contribution in [3.8, 4) is 5.75 Å². The molecule has 0 bridgehead atoms. The number of aliphatic hydroxyl groups excluding tert-OH is 1. The number of carbonyl (C=O) groups is 1. The zero-order chi connectivity index (χ0) is 15.9. The van der Waals surface area contributed by atoms with E-state index in [1.807, 2.05) is 6.92 Å². The Hall–Kier alpha value is -2.04. The van der Waals surface area contributed by atoms with Crippen molar-refractivity contribution in [2.75, 3.05) is 5.32 Å². The Balaban J connectivity index is 2.07. The number of para-hydroxylation sites is 1. The Kier molecular flexibility index (Phi) is 5.81. The van der Waals surface area contributed by atoms with Gasteiger partial charge in [-0.25, -0.2) is 0 Å². The van der Waals surface area contributed by atoms with E-state index in [1.54, 1.807) is 48.5 Å². The summed E-state index contributed by atoms with van der Waals surface area (Å²) in [6, 6.07) is 14.1. The van der Waals surface area contributed by atoms with Gasteiger partial charge in [0.05, 0.1) is 11.6 Å². The molecule has 116 valence electrons. The van der Waals surface area contributed by atoms with Crippen molar-refractivity contribution < 1.29 is 14.6 Å². The van der Waals surface area contributed by atoms with Crippen LogP contribution in [0.4, 0.5) is 5.69 Å². The molecule has 1 amide bonds. The quantitative estimate of drug-likeness (QED) is 0.854. The van der Waals surface area contributed by atoms with E-state index in [-0.39, 0.29) is 12.5 Å². The van der Waals surface area contributed by atoms with Crippen molar-refractivity contribution in [2.24, 2.45) is 0 Å². The number of amides is 1. The van der Waals surface area contributed by atoms with Gasteiger partial charge in [-0.1, -0.05) is 42.8 Å². The molecule has 0 aliphatic heterocycles. The third kappa shape index (κ3) is 4.23. The average Bonchev–Trinajstić information content (AvgIpc) is 2.54. The van der Waals surface area contributed by atoms with Crippen molar-refractivity contribution in [1.82, 2.24) is 0 Å². The van der Waals surface area contributed by atoms with E-state index in [2.05, 4.69) is 5.32 Å². The molecule has 0 aliphatic rings. The predicted molar refractivity (Wildman–Crippen MR) is 87.2 cm³/mol. The van der Waals surface area contributed by atoms with Gasteiger partial charge in [0.2, 0.25) is 0 Å². The molecule has 0 saturated heterocycles. The molecule has 0 radical (unpaired) electrons. The van der Waals surface area contributed by atoms with Crippen LogP contribution in [0.1, 0.15) is 18.9 Å². The minimum absolute atomic E-state index is 0.0724. The summed E-state index contributed by atoms with van der Waals surface area (Å²) in [7, 11) is 0. The van der Waals surface area contributed by atoms with Crippen LogP contribution in [0.5, 0.6) is 5.75 Å². The fraction of sp³-hybridized carbons (Fsp3) is 0.235. The van der Waals surface area contributed by atoms with Crippen LogP contribution in [0, 0.1) is 0 Å². The topological polar surface area (TPSA) is 58.6 Å². The first kappa shape index (κ1) is 16.3. The van der Waals surface area contributed by atoms with Crippen molar-refractivity contribution in [3.05, 3.63) is 59.1 Å². The minimum atomic E-state index is -0.641. The van der Waals surface area contributed by atoms with E-state index in [0.717, 1.165) is 5.56 Å². The molecule has 2 aromatic rings. The van der Waals surface area contributed by atoms with Crippen LogP contribution in [0.3, 0.4) is 0 Å². The molecule has 0 fully saturated rings. The number of hydrogen-bond acceptors (Lipinski definition) is 3. The molecule has 4 nitrogen and oxygen atoms in total. The zero-order valence-corrected chi connectivity index (χ0v) is 13.0. The first-order chi connectivity index (χ1) is 10.6. The number of carbonyl (C=O) groups excluding carboxylic acids is 1. The van der Waals surface area contributed by atoms with E-state index in [1.165, 1.54) is 0 Å². The summed E-state index contributed by atoms with van der Waals surface area (Å²) in [6.07, 6.45) is -0.130. The maximum atomic E-state index is 12.3. The highest BCUT2D eigenvalue weighted by atomic mass is 35.5. The first-order valence-corrected chi connectivity index (χ1v) is 7.43. The molecule has 2 aromatic carbocycles. The number of hydrogen-bond donors (Lipinski definition) is 2. The van der Waals surface area contributed by atoms with E-state index in [0.29, 0.717) is 22.9 Å². The standard InChI is InChI=1S/C17H18ClNO3/c1-2-15(22-16-9-4-3-8-14(16)18)17(21)19-13-7-5-6-12(10-13)11-20/h3-10,15,20H,2,11H2,1H3,(H,19,21). The molecule has 5 heteroatoms. The van der Waals surface area contributed by atoms with Gasteiger partial charge in [0.1, 0.15) is 5.75 Å². The lowest BCUT2D eigenvalue weighted by Crippen LogP contribution is -2.32. The van der Waals surface area contributed by atoms with Crippen molar-refractivity contribution >= 4 is 23.2 Å². The second kappa shape index (κ2) is 7.82. The molecule has 1 unspecified atom stereocenters. The molecule has 0 heterocycles. The molecule has 2 rings (SSSR count). The van der Waals surface area contributed by atoms with Gasteiger partial charge in [0.15, 0.2) is 6.10 Å². The van der Waals surface area contributed by atoms with Gasteiger partial charge >= 0.3 is 0 Å². The molecular formula is C17H18ClNO3. The summed E-state index contributed by atoms with van der Waals surface area (Å²) < 4.78 is 5.69. The second-order valence-electron chi connectivity index (χ2n) is 4.79. The number of benzene rings is 2. The highest BCUT2D eigenvalue weighted by molar-refractivity contribution is 6.32. The Morgan fingerprint density at radius 2 is 2.05 bits per heavy atom. The van der Waals surface area contributed by atoms with Crippen LogP contribution in [-0.2, 0) is 11.4 Å². The number of nitrogens with one attached hydrogen (secondary N) is 1. The lowest BCUT2D eigenvalue weighted by Gasteiger charge is -2.18. The smallest absolute Gasteiger partial charge is 0.265 e. The van der Waals surface area contributed by atoms with E-state index >= 15 is 0 Å². The summed E-state index contributed by atoms with van der Waals surface area (Å²) >= 11 is 6.05. The Morgan fingerprint density at radius 1 is 1.27 bits per heavy atom. The van der Waals surface area contributed by atoms with Crippen LogP contribution in [0.25, 0.3) is 0 Å². The molecule has 0 aromatic heterocycles. The second-order valence-corrected chi connectivity index (χ2v) is 5.20. The van der Waals surface area contributed by atoms with Gasteiger partial charge < -0.3 is 15.2 Å². The van der Waals surface area contributed by atoms with Crippen molar-refractivity contribution in [2.45, 2.75) is 26.1 Å². The summed E-state index contributed by atoms with van der Waals surface area (Å²) in [5.41, 5.74) is 1.36. The third-order valence-electron chi connectivity index (χ3n) is 3.15. The van der Waals surface area contributed by atoms with Gasteiger partial charge in [-0.15, -0.1) is 0 Å². The maximum absolute atomic E-state index is 12.3. The molecule has 22 heavy (non-hydrogen) atoms. The van der Waals surface area contributed by atoms with Crippen molar-refractivity contribution in [1.29, 1.82) is 0 Å². The molecule has 0 saturated carbocycles. The monoisotopic (exact) mass is 319 g/mol. The van der Waals surface area contributed by atoms with Crippen molar-refractivity contribution in [3.63, 3.8) is 0 Å². The SMILES string of the molecule is CCC(Oc1ccccc1Cl)C(=O)Nc1cccc(CO)c1. The average molecular weight is 320 g/mol. The zero-order valence-electron chi connectivity index (χ0n) is 12.3. The maximum Gasteiger partial charge on any atom is 0.265 e. The van der Waals surface area contributed by atoms with Gasteiger partial charge in [0, 0.05) is 5.69 Å². The van der Waals surface area contributed by atoms with Gasteiger partial charge in [0.25, 0.3) is 5.91 Å². The lowest BCUT2D eigenvalue weighted by molar-refractivity contribution is -0.122. The highest BCUT2D eigenvalue weighted by Crippen LogP contribution is 2.25. The summed E-state index contributed by atoms with van der Waals surface area (Å²) in [6.45, 7) is 1.79. The first-order valence-electron chi connectivity index (χ1n) is 7.06. The van der Waals surface area contributed by atoms with Gasteiger partial charge in [-0.3, -0.25) is 4.79 Å². The number of aliphatic hydroxyl groups is 1. The van der Waals surface area contributed by atoms with E-state index < -0.39 is 6.10 Å². The Morgan fingerprint density at radius 3 is 2.73 bits per heavy atom. The summed E-state index contributed by atoms with van der Waals surface area (Å²) in [5, 5.41) is 12.4. The molecule has 0 spiro atoms. The third-order valence-corrected chi connectivity index (χ3v) is 3.46. The molecule has 2 N–H and O–H groups in total. The van der Waals surface area contributed by atoms with E-state index in [9.17, 15) is 4.79 Å². The Bertz CT molecular complexity index is 645. The van der Waals surface area contributed by atoms with Crippen LogP contribution < -0.4 is 10.1 Å². The van der Waals surface area contributed by atoms with Gasteiger partial charge in [-0.05, 0) is 36.2 Å². The molecule has 0 aliphatic carbocycles. The normalized spacial score (nSPS) is 11.8. The lowest BCUT2D eigenvalue weighted by atomic mass is 10.2. The van der Waals surface area contributed by atoms with Crippen LogP contribution in [0.2, 0.25) is 5.02 Å². The van der Waals surface area contributed by atoms with Crippen LogP contribution in [0.15, 0.2) is 48.5 Å². The summed E-state index contributed by atoms with van der Waals surface area (Å²) in [4.78, 5) is 12.3. The Labute approximate surface area is 134 Å². The number of halogens is 1. The summed E-state index contributed by atoms with van der Waals surface area (Å²) in [5.74, 6) is 0.229. The minimum Gasteiger partial charge on any atom is -0.479 e.